The van der Waals surface area contributed by atoms with Crippen molar-refractivity contribution in [3.63, 3.8) is 0 Å². The van der Waals surface area contributed by atoms with E-state index in [1.165, 1.54) is 77.3 Å². The minimum absolute atomic E-state index is 0.581. The minimum atomic E-state index is 0.581. The van der Waals surface area contributed by atoms with Gasteiger partial charge in [0.25, 0.3) is 0 Å². The molecule has 1 aliphatic heterocycles. The van der Waals surface area contributed by atoms with Crippen LogP contribution in [0.25, 0.3) is 0 Å². The second-order valence-electron chi connectivity index (χ2n) is 8.57. The number of guanidine groups is 1. The highest BCUT2D eigenvalue weighted by atomic mass is 15.2. The van der Waals surface area contributed by atoms with E-state index in [-0.39, 0.29) is 0 Å². The van der Waals surface area contributed by atoms with E-state index in [1.54, 1.807) is 0 Å². The van der Waals surface area contributed by atoms with Crippen molar-refractivity contribution in [3.8, 4) is 0 Å². The Bertz CT molecular complexity index is 418. The number of likely N-dealkylation sites (N-methyl/N-ethyl adjacent to an activating group) is 1. The Kier molecular flexibility index (Phi) is 8.06. The first-order valence-electron chi connectivity index (χ1n) is 11.3. The van der Waals surface area contributed by atoms with Gasteiger partial charge in [-0.05, 0) is 52.5 Å². The highest BCUT2D eigenvalue weighted by molar-refractivity contribution is 5.80. The molecule has 0 aromatic heterocycles. The Morgan fingerprint density at radius 1 is 1.00 bits per heavy atom. The van der Waals surface area contributed by atoms with Gasteiger partial charge in [0.1, 0.15) is 0 Å². The molecule has 0 unspecified atom stereocenters. The third-order valence-corrected chi connectivity index (χ3v) is 6.73. The van der Waals surface area contributed by atoms with E-state index < -0.39 is 0 Å². The molecule has 3 fully saturated rings. The molecule has 0 amide bonds. The molecule has 0 aromatic rings. The molecule has 5 nitrogen and oxygen atoms in total. The van der Waals surface area contributed by atoms with E-state index >= 15 is 0 Å². The predicted octanol–water partition coefficient (Wildman–Crippen LogP) is 2.82. The van der Waals surface area contributed by atoms with E-state index in [0.717, 1.165) is 37.7 Å². The summed E-state index contributed by atoms with van der Waals surface area (Å²) in [5.41, 5.74) is 0. The van der Waals surface area contributed by atoms with Crippen molar-refractivity contribution in [2.75, 3.05) is 39.8 Å². The normalized spacial score (nSPS) is 24.7. The number of rotatable bonds is 7. The number of piperidine rings is 1. The molecule has 1 heterocycles. The summed E-state index contributed by atoms with van der Waals surface area (Å²) in [5.74, 6) is 1.02. The van der Waals surface area contributed by atoms with E-state index in [9.17, 15) is 0 Å². The van der Waals surface area contributed by atoms with Crippen molar-refractivity contribution < 1.29 is 0 Å². The van der Waals surface area contributed by atoms with Gasteiger partial charge in [0, 0.05) is 44.3 Å². The number of nitrogens with zero attached hydrogens (tertiary/aromatic N) is 3. The van der Waals surface area contributed by atoms with Crippen LogP contribution in [0.15, 0.2) is 4.99 Å². The summed E-state index contributed by atoms with van der Waals surface area (Å²) in [4.78, 5) is 10.1. The van der Waals surface area contributed by atoms with Gasteiger partial charge in [-0.25, -0.2) is 0 Å². The van der Waals surface area contributed by atoms with Crippen molar-refractivity contribution >= 4 is 5.96 Å². The molecule has 5 heteroatoms. The Balaban J connectivity index is 1.39. The molecule has 0 radical (unpaired) electrons. The van der Waals surface area contributed by atoms with Gasteiger partial charge in [0.15, 0.2) is 5.96 Å². The largest absolute Gasteiger partial charge is 0.357 e. The Morgan fingerprint density at radius 2 is 1.65 bits per heavy atom. The maximum absolute atomic E-state index is 4.85. The fourth-order valence-electron chi connectivity index (χ4n) is 5.04. The highest BCUT2D eigenvalue weighted by Crippen LogP contribution is 2.26. The van der Waals surface area contributed by atoms with Crippen LogP contribution in [0.2, 0.25) is 0 Å². The second-order valence-corrected chi connectivity index (χ2v) is 8.57. The summed E-state index contributed by atoms with van der Waals surface area (Å²) in [6.07, 6.45) is 13.8. The fraction of sp³-hybridized carbons (Fsp3) is 0.952. The standard InChI is InChI=1S/C21H41N5/c1-3-22-21(23-14-17-25(2)19-8-4-5-9-19)24-18-12-15-26(16-13-18)20-10-6-7-11-20/h18-20H,3-17H2,1-2H3,(H2,22,23,24). The van der Waals surface area contributed by atoms with Crippen LogP contribution in [0.4, 0.5) is 0 Å². The molecule has 1 saturated heterocycles. The third kappa shape index (κ3) is 5.85. The van der Waals surface area contributed by atoms with Gasteiger partial charge in [-0.3, -0.25) is 4.99 Å². The molecule has 0 spiro atoms. The van der Waals surface area contributed by atoms with Crippen molar-refractivity contribution in [2.24, 2.45) is 4.99 Å². The average Bonchev–Trinajstić information content (AvgIpc) is 3.36. The quantitative estimate of drug-likeness (QED) is 0.539. The predicted molar refractivity (Wildman–Crippen MR) is 111 cm³/mol. The van der Waals surface area contributed by atoms with Gasteiger partial charge in [-0.2, -0.15) is 0 Å². The Hall–Kier alpha value is -0.810. The molecule has 3 aliphatic rings. The van der Waals surface area contributed by atoms with Gasteiger partial charge >= 0.3 is 0 Å². The van der Waals surface area contributed by atoms with Gasteiger partial charge in [0.2, 0.25) is 0 Å². The molecule has 2 saturated carbocycles. The van der Waals surface area contributed by atoms with Crippen LogP contribution in [-0.4, -0.2) is 73.7 Å². The van der Waals surface area contributed by atoms with Gasteiger partial charge in [-0.1, -0.05) is 25.7 Å². The summed E-state index contributed by atoms with van der Waals surface area (Å²) in [6, 6.07) is 2.25. The third-order valence-electron chi connectivity index (χ3n) is 6.73. The first-order valence-corrected chi connectivity index (χ1v) is 11.3. The fourth-order valence-corrected chi connectivity index (χ4v) is 5.04. The first-order chi connectivity index (χ1) is 12.8. The second kappa shape index (κ2) is 10.5. The molecule has 2 N–H and O–H groups in total. The van der Waals surface area contributed by atoms with Crippen LogP contribution in [0.3, 0.4) is 0 Å². The molecule has 3 rings (SSSR count). The lowest BCUT2D eigenvalue weighted by atomic mass is 10.0. The van der Waals surface area contributed by atoms with E-state index in [4.69, 9.17) is 4.99 Å². The average molecular weight is 364 g/mol. The zero-order valence-electron chi connectivity index (χ0n) is 17.2. The SMILES string of the molecule is CCNC(=NCCN(C)C1CCCC1)NC1CCN(C2CCCC2)CC1. The lowest BCUT2D eigenvalue weighted by Gasteiger charge is -2.36. The molecule has 0 aromatic carbocycles. The van der Waals surface area contributed by atoms with Crippen LogP contribution < -0.4 is 10.6 Å². The maximum atomic E-state index is 4.85. The summed E-state index contributed by atoms with van der Waals surface area (Å²) >= 11 is 0. The monoisotopic (exact) mass is 363 g/mol. The summed E-state index contributed by atoms with van der Waals surface area (Å²) < 4.78 is 0. The summed E-state index contributed by atoms with van der Waals surface area (Å²) in [7, 11) is 2.27. The zero-order valence-corrected chi connectivity index (χ0v) is 17.2. The van der Waals surface area contributed by atoms with Crippen molar-refractivity contribution in [3.05, 3.63) is 0 Å². The van der Waals surface area contributed by atoms with Crippen LogP contribution in [-0.2, 0) is 0 Å². The van der Waals surface area contributed by atoms with Gasteiger partial charge in [0.05, 0.1) is 6.54 Å². The molecule has 150 valence electrons. The zero-order chi connectivity index (χ0) is 18.2. The smallest absolute Gasteiger partial charge is 0.191 e. The lowest BCUT2D eigenvalue weighted by molar-refractivity contribution is 0.150. The van der Waals surface area contributed by atoms with E-state index in [0.29, 0.717) is 6.04 Å². The van der Waals surface area contributed by atoms with Crippen molar-refractivity contribution in [1.82, 2.24) is 20.4 Å². The Morgan fingerprint density at radius 3 is 2.31 bits per heavy atom. The van der Waals surface area contributed by atoms with E-state index in [2.05, 4.69) is 34.4 Å². The lowest BCUT2D eigenvalue weighted by Crippen LogP contribution is -2.50. The molecule has 2 aliphatic carbocycles. The van der Waals surface area contributed by atoms with Crippen molar-refractivity contribution in [1.29, 1.82) is 0 Å². The number of hydrogen-bond donors (Lipinski definition) is 2. The first kappa shape index (κ1) is 19.9. The topological polar surface area (TPSA) is 42.9 Å². The number of likely N-dealkylation sites (tertiary alicyclic amines) is 1. The van der Waals surface area contributed by atoms with Crippen molar-refractivity contribution in [2.45, 2.75) is 89.3 Å². The van der Waals surface area contributed by atoms with Crippen LogP contribution in [0.1, 0.15) is 71.1 Å². The van der Waals surface area contributed by atoms with Crippen LogP contribution >= 0.6 is 0 Å². The molecular formula is C21H41N5. The van der Waals surface area contributed by atoms with Gasteiger partial charge < -0.3 is 20.4 Å². The number of aliphatic imine (C=N–C) groups is 1. The maximum Gasteiger partial charge on any atom is 0.191 e. The van der Waals surface area contributed by atoms with E-state index in [1.807, 2.05) is 0 Å². The summed E-state index contributed by atoms with van der Waals surface area (Å²) in [6.45, 7) is 7.57. The molecule has 26 heavy (non-hydrogen) atoms. The van der Waals surface area contributed by atoms with Crippen LogP contribution in [0.5, 0.6) is 0 Å². The number of hydrogen-bond acceptors (Lipinski definition) is 3. The van der Waals surface area contributed by atoms with Crippen LogP contribution in [0, 0.1) is 0 Å². The molecular weight excluding hydrogens is 322 g/mol. The minimum Gasteiger partial charge on any atom is -0.357 e. The molecule has 0 atom stereocenters. The Labute approximate surface area is 161 Å². The highest BCUT2D eigenvalue weighted by Gasteiger charge is 2.27. The number of nitrogens with one attached hydrogen (secondary N) is 2. The van der Waals surface area contributed by atoms with Gasteiger partial charge in [-0.15, -0.1) is 0 Å². The molecule has 0 bridgehead atoms. The summed E-state index contributed by atoms with van der Waals surface area (Å²) in [5, 5.41) is 7.15.